The van der Waals surface area contributed by atoms with Gasteiger partial charge in [-0.2, -0.15) is 0 Å². The number of amides is 1. The van der Waals surface area contributed by atoms with Crippen molar-refractivity contribution in [1.29, 1.82) is 0 Å². The van der Waals surface area contributed by atoms with Crippen LogP contribution in [0.4, 0.5) is 0 Å². The third-order valence-electron chi connectivity index (χ3n) is 3.95. The van der Waals surface area contributed by atoms with Gasteiger partial charge >= 0.3 is 5.97 Å². The van der Waals surface area contributed by atoms with Gasteiger partial charge in [0.1, 0.15) is 5.75 Å². The summed E-state index contributed by atoms with van der Waals surface area (Å²) in [6.45, 7) is 0. The van der Waals surface area contributed by atoms with Crippen LogP contribution in [0, 0.1) is 5.92 Å². The number of aliphatic carboxylic acids is 1. The number of carboxylic acid groups (broad SMARTS) is 1. The topological polar surface area (TPSA) is 86.6 Å². The normalized spacial score (nSPS) is 22.3. The average molecular weight is 291 g/mol. The maximum atomic E-state index is 12.1. The van der Waals surface area contributed by atoms with Crippen LogP contribution in [0.3, 0.4) is 0 Å². The summed E-state index contributed by atoms with van der Waals surface area (Å²) in [5.74, 6) is -1.41. The van der Waals surface area contributed by atoms with E-state index in [2.05, 4.69) is 5.32 Å². The lowest BCUT2D eigenvalue weighted by Crippen LogP contribution is -2.43. The number of nitrogens with one attached hydrogen (secondary N) is 1. The molecule has 5 heteroatoms. The molecule has 5 nitrogen and oxygen atoms in total. The second-order valence-electron chi connectivity index (χ2n) is 5.60. The fourth-order valence-electron chi connectivity index (χ4n) is 2.89. The van der Waals surface area contributed by atoms with Gasteiger partial charge in [0.25, 0.3) is 0 Å². The van der Waals surface area contributed by atoms with Crippen LogP contribution in [0.5, 0.6) is 5.75 Å². The van der Waals surface area contributed by atoms with Crippen molar-refractivity contribution >= 4 is 11.9 Å². The van der Waals surface area contributed by atoms with Crippen molar-refractivity contribution < 1.29 is 19.8 Å². The first-order valence-corrected chi connectivity index (χ1v) is 7.36. The zero-order valence-electron chi connectivity index (χ0n) is 11.9. The summed E-state index contributed by atoms with van der Waals surface area (Å²) in [4.78, 5) is 23.4. The Hall–Kier alpha value is -2.04. The highest BCUT2D eigenvalue weighted by Gasteiger charge is 2.30. The molecule has 1 amide bonds. The summed E-state index contributed by atoms with van der Waals surface area (Å²) in [5.41, 5.74) is 0.716. The molecule has 1 fully saturated rings. The zero-order chi connectivity index (χ0) is 15.2. The number of rotatable bonds is 4. The molecule has 0 radical (unpaired) electrons. The van der Waals surface area contributed by atoms with Crippen molar-refractivity contribution in [1.82, 2.24) is 5.32 Å². The van der Waals surface area contributed by atoms with Crippen LogP contribution in [0.15, 0.2) is 24.3 Å². The molecular weight excluding hydrogens is 270 g/mol. The van der Waals surface area contributed by atoms with Crippen LogP contribution in [0.25, 0.3) is 0 Å². The third-order valence-corrected chi connectivity index (χ3v) is 3.95. The molecule has 0 bridgehead atoms. The highest BCUT2D eigenvalue weighted by atomic mass is 16.4. The van der Waals surface area contributed by atoms with E-state index in [0.29, 0.717) is 18.4 Å². The maximum absolute atomic E-state index is 12.1. The molecule has 1 aliphatic rings. The predicted molar refractivity (Wildman–Crippen MR) is 78.0 cm³/mol. The molecule has 2 rings (SSSR count). The highest BCUT2D eigenvalue weighted by molar-refractivity contribution is 5.80. The molecule has 3 N–H and O–H groups in total. The van der Waals surface area contributed by atoms with Gasteiger partial charge in [0.2, 0.25) is 5.91 Å². The Bertz CT molecular complexity index is 515. The molecule has 2 atom stereocenters. The lowest BCUT2D eigenvalue weighted by molar-refractivity contribution is -0.143. The molecule has 1 aromatic carbocycles. The van der Waals surface area contributed by atoms with Crippen LogP contribution in [0.1, 0.15) is 37.7 Å². The first-order chi connectivity index (χ1) is 10.1. The monoisotopic (exact) mass is 291 g/mol. The fraction of sp³-hybridized carbons (Fsp3) is 0.500. The Morgan fingerprint density at radius 3 is 2.67 bits per heavy atom. The zero-order valence-corrected chi connectivity index (χ0v) is 11.9. The number of phenols is 1. The Morgan fingerprint density at radius 2 is 1.95 bits per heavy atom. The molecule has 0 spiro atoms. The van der Waals surface area contributed by atoms with Gasteiger partial charge in [-0.3, -0.25) is 9.59 Å². The highest BCUT2D eigenvalue weighted by Crippen LogP contribution is 2.24. The SMILES string of the molecule is O=C(Cc1cccc(O)c1)NC1CCCCCC1C(=O)O. The Labute approximate surface area is 124 Å². The smallest absolute Gasteiger partial charge is 0.308 e. The van der Waals surface area contributed by atoms with Crippen molar-refractivity contribution in [3.8, 4) is 5.75 Å². The van der Waals surface area contributed by atoms with Crippen LogP contribution >= 0.6 is 0 Å². The van der Waals surface area contributed by atoms with E-state index in [1.54, 1.807) is 24.3 Å². The largest absolute Gasteiger partial charge is 0.508 e. The molecule has 1 aliphatic carbocycles. The minimum absolute atomic E-state index is 0.123. The Morgan fingerprint density at radius 1 is 1.19 bits per heavy atom. The number of carboxylic acids is 1. The Kier molecular flexibility index (Phi) is 5.20. The molecule has 0 saturated heterocycles. The van der Waals surface area contributed by atoms with Gasteiger partial charge in [-0.25, -0.2) is 0 Å². The summed E-state index contributed by atoms with van der Waals surface area (Å²) < 4.78 is 0. The van der Waals surface area contributed by atoms with Gasteiger partial charge in [0, 0.05) is 6.04 Å². The summed E-state index contributed by atoms with van der Waals surface area (Å²) in [6.07, 6.45) is 4.34. The summed E-state index contributed by atoms with van der Waals surface area (Å²) >= 11 is 0. The van der Waals surface area contributed by atoms with Gasteiger partial charge in [0.05, 0.1) is 12.3 Å². The molecule has 0 heterocycles. The van der Waals surface area contributed by atoms with E-state index in [9.17, 15) is 19.8 Å². The number of hydrogen-bond acceptors (Lipinski definition) is 3. The predicted octanol–water partition coefficient (Wildman–Crippen LogP) is 2.08. The molecule has 1 saturated carbocycles. The second-order valence-corrected chi connectivity index (χ2v) is 5.60. The van der Waals surface area contributed by atoms with Crippen LogP contribution in [-0.2, 0) is 16.0 Å². The van der Waals surface area contributed by atoms with Crippen molar-refractivity contribution in [2.24, 2.45) is 5.92 Å². The molecule has 21 heavy (non-hydrogen) atoms. The molecular formula is C16H21NO4. The van der Waals surface area contributed by atoms with Gasteiger partial charge < -0.3 is 15.5 Å². The number of carbonyl (C=O) groups excluding carboxylic acids is 1. The van der Waals surface area contributed by atoms with Crippen molar-refractivity contribution in [3.05, 3.63) is 29.8 Å². The fourth-order valence-corrected chi connectivity index (χ4v) is 2.89. The molecule has 2 unspecified atom stereocenters. The quantitative estimate of drug-likeness (QED) is 0.741. The van der Waals surface area contributed by atoms with E-state index in [-0.39, 0.29) is 24.1 Å². The minimum Gasteiger partial charge on any atom is -0.508 e. The van der Waals surface area contributed by atoms with E-state index < -0.39 is 11.9 Å². The van der Waals surface area contributed by atoms with E-state index >= 15 is 0 Å². The first kappa shape index (κ1) is 15.4. The molecule has 1 aromatic rings. The van der Waals surface area contributed by atoms with E-state index in [4.69, 9.17) is 0 Å². The van der Waals surface area contributed by atoms with Crippen molar-refractivity contribution in [2.45, 2.75) is 44.6 Å². The molecule has 0 aliphatic heterocycles. The van der Waals surface area contributed by atoms with E-state index in [1.807, 2.05) is 0 Å². The van der Waals surface area contributed by atoms with Crippen molar-refractivity contribution in [2.75, 3.05) is 0 Å². The number of carbonyl (C=O) groups is 2. The standard InChI is InChI=1S/C16H21NO4/c18-12-6-4-5-11(9-12)10-15(19)17-14-8-3-1-2-7-13(14)16(20)21/h4-6,9,13-14,18H,1-3,7-8,10H2,(H,17,19)(H,20,21). The van der Waals surface area contributed by atoms with E-state index in [0.717, 1.165) is 19.3 Å². The number of benzene rings is 1. The van der Waals surface area contributed by atoms with Crippen molar-refractivity contribution in [3.63, 3.8) is 0 Å². The van der Waals surface area contributed by atoms with Gasteiger partial charge in [-0.15, -0.1) is 0 Å². The number of hydrogen-bond donors (Lipinski definition) is 3. The first-order valence-electron chi connectivity index (χ1n) is 7.36. The van der Waals surface area contributed by atoms with E-state index in [1.165, 1.54) is 0 Å². The third kappa shape index (κ3) is 4.48. The number of phenolic OH excluding ortho intramolecular Hbond substituents is 1. The lowest BCUT2D eigenvalue weighted by Gasteiger charge is -2.22. The average Bonchev–Trinajstić information content (AvgIpc) is 2.64. The Balaban J connectivity index is 1.97. The summed E-state index contributed by atoms with van der Waals surface area (Å²) in [6, 6.07) is 6.24. The van der Waals surface area contributed by atoms with Crippen LogP contribution in [0.2, 0.25) is 0 Å². The summed E-state index contributed by atoms with van der Waals surface area (Å²) in [5, 5.41) is 21.5. The van der Waals surface area contributed by atoms with Crippen LogP contribution < -0.4 is 5.32 Å². The second kappa shape index (κ2) is 7.11. The lowest BCUT2D eigenvalue weighted by atomic mass is 9.94. The maximum Gasteiger partial charge on any atom is 0.308 e. The van der Waals surface area contributed by atoms with Crippen LogP contribution in [-0.4, -0.2) is 28.1 Å². The van der Waals surface area contributed by atoms with Gasteiger partial charge in [0.15, 0.2) is 0 Å². The van der Waals surface area contributed by atoms with Gasteiger partial charge in [-0.1, -0.05) is 31.4 Å². The molecule has 114 valence electrons. The molecule has 0 aromatic heterocycles. The summed E-state index contributed by atoms with van der Waals surface area (Å²) in [7, 11) is 0. The number of aromatic hydroxyl groups is 1. The minimum atomic E-state index is -0.834. The van der Waals surface area contributed by atoms with Gasteiger partial charge in [-0.05, 0) is 30.5 Å².